The first-order chi connectivity index (χ1) is 10.2. The molecule has 0 unspecified atom stereocenters. The SMILES string of the molecule is CCOc1cc(C(=O)NCCc2ccc(Cl)cc2)ncn1. The molecule has 0 aliphatic carbocycles. The summed E-state index contributed by atoms with van der Waals surface area (Å²) in [6.07, 6.45) is 2.05. The second-order valence-electron chi connectivity index (χ2n) is 4.31. The van der Waals surface area contributed by atoms with E-state index in [0.29, 0.717) is 29.7 Å². The van der Waals surface area contributed by atoms with Crippen LogP contribution in [0.4, 0.5) is 0 Å². The Morgan fingerprint density at radius 1 is 1.29 bits per heavy atom. The first kappa shape index (κ1) is 15.3. The van der Waals surface area contributed by atoms with Crippen molar-refractivity contribution in [2.75, 3.05) is 13.2 Å². The number of carbonyl (C=O) groups excluding carboxylic acids is 1. The first-order valence-corrected chi connectivity index (χ1v) is 7.04. The molecule has 0 aliphatic rings. The van der Waals surface area contributed by atoms with Gasteiger partial charge in [-0.2, -0.15) is 0 Å². The molecule has 0 bridgehead atoms. The molecular weight excluding hydrogens is 290 g/mol. The van der Waals surface area contributed by atoms with Gasteiger partial charge in [-0.3, -0.25) is 4.79 Å². The van der Waals surface area contributed by atoms with Gasteiger partial charge in [0.05, 0.1) is 6.61 Å². The molecule has 5 nitrogen and oxygen atoms in total. The van der Waals surface area contributed by atoms with Gasteiger partial charge < -0.3 is 10.1 Å². The molecule has 110 valence electrons. The van der Waals surface area contributed by atoms with Crippen LogP contribution in [0.5, 0.6) is 5.88 Å². The molecule has 1 N–H and O–H groups in total. The van der Waals surface area contributed by atoms with Gasteiger partial charge in [-0.1, -0.05) is 23.7 Å². The summed E-state index contributed by atoms with van der Waals surface area (Å²) >= 11 is 5.82. The number of ether oxygens (including phenoxy) is 1. The van der Waals surface area contributed by atoms with E-state index in [2.05, 4.69) is 15.3 Å². The third-order valence-corrected chi connectivity index (χ3v) is 3.03. The molecule has 0 saturated heterocycles. The quantitative estimate of drug-likeness (QED) is 0.890. The van der Waals surface area contributed by atoms with Crippen molar-refractivity contribution in [2.45, 2.75) is 13.3 Å². The van der Waals surface area contributed by atoms with Gasteiger partial charge in [0.1, 0.15) is 12.0 Å². The fourth-order valence-corrected chi connectivity index (χ4v) is 1.88. The Kier molecular flexibility index (Phi) is 5.51. The summed E-state index contributed by atoms with van der Waals surface area (Å²) in [5.74, 6) is 0.155. The van der Waals surface area contributed by atoms with Crippen molar-refractivity contribution in [2.24, 2.45) is 0 Å². The van der Waals surface area contributed by atoms with Gasteiger partial charge in [-0.05, 0) is 31.0 Å². The van der Waals surface area contributed by atoms with Gasteiger partial charge in [0, 0.05) is 17.6 Å². The Balaban J connectivity index is 1.86. The predicted octanol–water partition coefficient (Wildman–Crippen LogP) is 2.50. The smallest absolute Gasteiger partial charge is 0.270 e. The molecular formula is C15H16ClN3O2. The standard InChI is InChI=1S/C15H16ClN3O2/c1-2-21-14-9-13(18-10-19-14)15(20)17-8-7-11-3-5-12(16)6-4-11/h3-6,9-10H,2,7-8H2,1H3,(H,17,20). The van der Waals surface area contributed by atoms with E-state index < -0.39 is 0 Å². The lowest BCUT2D eigenvalue weighted by Crippen LogP contribution is -2.26. The predicted molar refractivity (Wildman–Crippen MR) is 80.7 cm³/mol. The van der Waals surface area contributed by atoms with Crippen LogP contribution in [-0.4, -0.2) is 29.0 Å². The molecule has 0 fully saturated rings. The summed E-state index contributed by atoms with van der Waals surface area (Å²) in [6.45, 7) is 2.87. The number of benzene rings is 1. The fraction of sp³-hybridized carbons (Fsp3) is 0.267. The molecule has 2 rings (SSSR count). The van der Waals surface area contributed by atoms with Gasteiger partial charge in [0.2, 0.25) is 5.88 Å². The zero-order chi connectivity index (χ0) is 15.1. The summed E-state index contributed by atoms with van der Waals surface area (Å²) in [4.78, 5) is 19.8. The van der Waals surface area contributed by atoms with E-state index >= 15 is 0 Å². The summed E-state index contributed by atoms with van der Waals surface area (Å²) in [5, 5.41) is 3.51. The largest absolute Gasteiger partial charge is 0.478 e. The van der Waals surface area contributed by atoms with Crippen molar-refractivity contribution in [1.82, 2.24) is 15.3 Å². The highest BCUT2D eigenvalue weighted by Gasteiger charge is 2.08. The van der Waals surface area contributed by atoms with Crippen LogP contribution in [0, 0.1) is 0 Å². The highest BCUT2D eigenvalue weighted by atomic mass is 35.5. The number of amides is 1. The van der Waals surface area contributed by atoms with Gasteiger partial charge in [-0.15, -0.1) is 0 Å². The van der Waals surface area contributed by atoms with E-state index in [1.165, 1.54) is 12.4 Å². The molecule has 6 heteroatoms. The number of hydrogen-bond donors (Lipinski definition) is 1. The summed E-state index contributed by atoms with van der Waals surface area (Å²) in [6, 6.07) is 9.06. The number of nitrogens with zero attached hydrogens (tertiary/aromatic N) is 2. The minimum atomic E-state index is -0.243. The number of halogens is 1. The molecule has 0 saturated carbocycles. The Morgan fingerprint density at radius 2 is 2.05 bits per heavy atom. The molecule has 0 atom stereocenters. The molecule has 1 aromatic heterocycles. The second kappa shape index (κ2) is 7.59. The molecule has 2 aromatic rings. The van der Waals surface area contributed by atoms with Crippen LogP contribution in [0.15, 0.2) is 36.7 Å². The Morgan fingerprint density at radius 3 is 2.76 bits per heavy atom. The third-order valence-electron chi connectivity index (χ3n) is 2.78. The van der Waals surface area contributed by atoms with Gasteiger partial charge in [-0.25, -0.2) is 9.97 Å². The van der Waals surface area contributed by atoms with Crippen LogP contribution in [0.1, 0.15) is 23.0 Å². The van der Waals surface area contributed by atoms with E-state index in [1.807, 2.05) is 31.2 Å². The molecule has 1 aromatic carbocycles. The highest BCUT2D eigenvalue weighted by Crippen LogP contribution is 2.10. The van der Waals surface area contributed by atoms with Crippen LogP contribution < -0.4 is 10.1 Å². The van der Waals surface area contributed by atoms with Gasteiger partial charge in [0.15, 0.2) is 0 Å². The monoisotopic (exact) mass is 305 g/mol. The van der Waals surface area contributed by atoms with Crippen LogP contribution in [0.3, 0.4) is 0 Å². The number of aromatic nitrogens is 2. The zero-order valence-corrected chi connectivity index (χ0v) is 12.4. The average Bonchev–Trinajstić information content (AvgIpc) is 2.50. The van der Waals surface area contributed by atoms with Crippen molar-refractivity contribution in [1.29, 1.82) is 0 Å². The fourth-order valence-electron chi connectivity index (χ4n) is 1.75. The summed E-state index contributed by atoms with van der Waals surface area (Å²) < 4.78 is 5.24. The maximum atomic E-state index is 12.0. The normalized spacial score (nSPS) is 10.2. The van der Waals surface area contributed by atoms with Crippen molar-refractivity contribution in [3.63, 3.8) is 0 Å². The first-order valence-electron chi connectivity index (χ1n) is 6.66. The Hall–Kier alpha value is -2.14. The Bertz CT molecular complexity index is 602. The molecule has 1 heterocycles. The van der Waals surface area contributed by atoms with Gasteiger partial charge in [0.25, 0.3) is 5.91 Å². The lowest BCUT2D eigenvalue weighted by Gasteiger charge is -2.06. The van der Waals surface area contributed by atoms with Crippen molar-refractivity contribution < 1.29 is 9.53 Å². The van der Waals surface area contributed by atoms with Crippen LogP contribution in [0.25, 0.3) is 0 Å². The lowest BCUT2D eigenvalue weighted by atomic mass is 10.1. The number of rotatable bonds is 6. The van der Waals surface area contributed by atoms with Crippen LogP contribution in [-0.2, 0) is 6.42 Å². The maximum absolute atomic E-state index is 12.0. The third kappa shape index (κ3) is 4.72. The molecule has 0 aliphatic heterocycles. The molecule has 21 heavy (non-hydrogen) atoms. The maximum Gasteiger partial charge on any atom is 0.270 e. The zero-order valence-electron chi connectivity index (χ0n) is 11.7. The molecule has 0 radical (unpaired) electrons. The van der Waals surface area contributed by atoms with E-state index in [-0.39, 0.29) is 5.91 Å². The number of carbonyl (C=O) groups is 1. The molecule has 0 spiro atoms. The average molecular weight is 306 g/mol. The van der Waals surface area contributed by atoms with E-state index in [1.54, 1.807) is 0 Å². The topological polar surface area (TPSA) is 64.1 Å². The second-order valence-corrected chi connectivity index (χ2v) is 4.74. The number of nitrogens with one attached hydrogen (secondary N) is 1. The lowest BCUT2D eigenvalue weighted by molar-refractivity contribution is 0.0948. The van der Waals surface area contributed by atoms with E-state index in [0.717, 1.165) is 12.0 Å². The number of hydrogen-bond acceptors (Lipinski definition) is 4. The van der Waals surface area contributed by atoms with Crippen molar-refractivity contribution >= 4 is 17.5 Å². The minimum Gasteiger partial charge on any atom is -0.478 e. The van der Waals surface area contributed by atoms with Crippen LogP contribution in [0.2, 0.25) is 5.02 Å². The van der Waals surface area contributed by atoms with Crippen molar-refractivity contribution in [3.05, 3.63) is 52.9 Å². The van der Waals surface area contributed by atoms with E-state index in [9.17, 15) is 4.79 Å². The summed E-state index contributed by atoms with van der Waals surface area (Å²) in [5.41, 5.74) is 1.40. The van der Waals surface area contributed by atoms with E-state index in [4.69, 9.17) is 16.3 Å². The van der Waals surface area contributed by atoms with Crippen molar-refractivity contribution in [3.8, 4) is 5.88 Å². The Labute approximate surface area is 128 Å². The highest BCUT2D eigenvalue weighted by molar-refractivity contribution is 6.30. The van der Waals surface area contributed by atoms with Gasteiger partial charge >= 0.3 is 0 Å². The van der Waals surface area contributed by atoms with Crippen LogP contribution >= 0.6 is 11.6 Å². The molecule has 1 amide bonds. The summed E-state index contributed by atoms with van der Waals surface area (Å²) in [7, 11) is 0. The minimum absolute atomic E-state index is 0.243.